The Hall–Kier alpha value is -0.820. The molecule has 0 radical (unpaired) electrons. The van der Waals surface area contributed by atoms with Crippen molar-refractivity contribution in [2.45, 2.75) is 12.6 Å². The van der Waals surface area contributed by atoms with E-state index in [0.717, 1.165) is 0 Å². The van der Waals surface area contributed by atoms with Crippen LogP contribution in [-0.2, 0) is 4.79 Å². The summed E-state index contributed by atoms with van der Waals surface area (Å²) in [5, 5.41) is 4.97. The molecule has 1 rings (SSSR count). The van der Waals surface area contributed by atoms with E-state index >= 15 is 0 Å². The summed E-state index contributed by atoms with van der Waals surface area (Å²) < 4.78 is 38.8. The average molecular weight is 253 g/mol. The van der Waals surface area contributed by atoms with Crippen LogP contribution in [0.15, 0.2) is 0 Å². The van der Waals surface area contributed by atoms with Gasteiger partial charge in [0.25, 0.3) is 0 Å². The average Bonchev–Trinajstić information content (AvgIpc) is 2.65. The van der Waals surface area contributed by atoms with Crippen LogP contribution in [0.25, 0.3) is 0 Å². The smallest absolute Gasteiger partial charge is 0.354 e. The molecule has 0 aromatic carbocycles. The third-order valence-corrected chi connectivity index (χ3v) is 2.98. The van der Waals surface area contributed by atoms with E-state index in [1.54, 1.807) is 19.0 Å². The Bertz CT molecular complexity index is 272. The number of hydrogen-bond acceptors (Lipinski definition) is 3. The van der Waals surface area contributed by atoms with Gasteiger partial charge in [-0.1, -0.05) is 0 Å². The van der Waals surface area contributed by atoms with Gasteiger partial charge in [0.2, 0.25) is 5.91 Å². The highest BCUT2D eigenvalue weighted by molar-refractivity contribution is 5.84. The lowest BCUT2D eigenvalue weighted by Crippen LogP contribution is -2.53. The lowest BCUT2D eigenvalue weighted by Gasteiger charge is -2.29. The second-order valence-corrected chi connectivity index (χ2v) is 4.57. The first kappa shape index (κ1) is 14.2. The molecule has 1 amide bonds. The molecular formula is C10H18F3N3O. The highest BCUT2D eigenvalue weighted by Crippen LogP contribution is 2.43. The number of carbonyl (C=O) groups is 1. The molecule has 0 saturated carbocycles. The van der Waals surface area contributed by atoms with E-state index in [1.165, 1.54) is 0 Å². The number of alkyl halides is 3. The number of nitrogens with one attached hydrogen (secondary N) is 2. The molecule has 0 aromatic heterocycles. The zero-order chi connectivity index (χ0) is 13.1. The maximum absolute atomic E-state index is 12.9. The first-order valence-electron chi connectivity index (χ1n) is 5.50. The molecule has 0 spiro atoms. The summed E-state index contributed by atoms with van der Waals surface area (Å²) in [6.45, 7) is 0.641. The predicted octanol–water partition coefficient (Wildman–Crippen LogP) is 0.206. The minimum absolute atomic E-state index is 0.190. The third kappa shape index (κ3) is 3.10. The maximum atomic E-state index is 12.9. The van der Waals surface area contributed by atoms with E-state index in [4.69, 9.17) is 0 Å². The SMILES string of the molecule is CN(C)CCNC(=O)C1(C(F)(F)F)CCNC1. The number of hydrogen-bond donors (Lipinski definition) is 2. The fourth-order valence-electron chi connectivity index (χ4n) is 1.82. The monoisotopic (exact) mass is 253 g/mol. The van der Waals surface area contributed by atoms with E-state index in [2.05, 4.69) is 10.6 Å². The normalized spacial score (nSPS) is 25.3. The van der Waals surface area contributed by atoms with Crippen LogP contribution in [0.2, 0.25) is 0 Å². The van der Waals surface area contributed by atoms with Crippen molar-refractivity contribution in [2.24, 2.45) is 5.41 Å². The van der Waals surface area contributed by atoms with E-state index in [9.17, 15) is 18.0 Å². The molecule has 1 aliphatic rings. The summed E-state index contributed by atoms with van der Waals surface area (Å²) in [6.07, 6.45) is -4.69. The molecule has 1 unspecified atom stereocenters. The minimum Gasteiger partial charge on any atom is -0.354 e. The predicted molar refractivity (Wildman–Crippen MR) is 57.5 cm³/mol. The third-order valence-electron chi connectivity index (χ3n) is 2.98. The van der Waals surface area contributed by atoms with E-state index in [0.29, 0.717) is 6.54 Å². The van der Waals surface area contributed by atoms with Crippen LogP contribution >= 0.6 is 0 Å². The van der Waals surface area contributed by atoms with Crippen molar-refractivity contribution in [1.82, 2.24) is 15.5 Å². The van der Waals surface area contributed by atoms with E-state index in [1.807, 2.05) is 0 Å². The van der Waals surface area contributed by atoms with Crippen molar-refractivity contribution in [3.8, 4) is 0 Å². The van der Waals surface area contributed by atoms with Crippen molar-refractivity contribution in [3.63, 3.8) is 0 Å². The van der Waals surface area contributed by atoms with Crippen LogP contribution in [0.5, 0.6) is 0 Å². The van der Waals surface area contributed by atoms with Gasteiger partial charge >= 0.3 is 6.18 Å². The molecule has 0 aliphatic carbocycles. The van der Waals surface area contributed by atoms with Gasteiger partial charge in [0, 0.05) is 19.6 Å². The topological polar surface area (TPSA) is 44.4 Å². The number of amides is 1. The number of nitrogens with zero attached hydrogens (tertiary/aromatic N) is 1. The van der Waals surface area contributed by atoms with Gasteiger partial charge in [-0.3, -0.25) is 4.79 Å². The molecule has 2 N–H and O–H groups in total. The fraction of sp³-hybridized carbons (Fsp3) is 0.900. The minimum atomic E-state index is -4.50. The largest absolute Gasteiger partial charge is 0.404 e. The van der Waals surface area contributed by atoms with Crippen LogP contribution < -0.4 is 10.6 Å². The van der Waals surface area contributed by atoms with Gasteiger partial charge in [0.15, 0.2) is 5.41 Å². The van der Waals surface area contributed by atoms with Crippen LogP contribution in [0.4, 0.5) is 13.2 Å². The lowest BCUT2D eigenvalue weighted by atomic mass is 9.85. The molecule has 0 bridgehead atoms. The molecule has 1 atom stereocenters. The van der Waals surface area contributed by atoms with Gasteiger partial charge < -0.3 is 15.5 Å². The van der Waals surface area contributed by atoms with E-state index in [-0.39, 0.29) is 26.1 Å². The zero-order valence-corrected chi connectivity index (χ0v) is 10.0. The van der Waals surface area contributed by atoms with Gasteiger partial charge in [0.05, 0.1) is 0 Å². The van der Waals surface area contributed by atoms with Crippen LogP contribution in [-0.4, -0.2) is 57.3 Å². The Labute approximate surface area is 98.5 Å². The van der Waals surface area contributed by atoms with Gasteiger partial charge in [-0.05, 0) is 27.1 Å². The first-order chi connectivity index (χ1) is 7.79. The summed E-state index contributed by atoms with van der Waals surface area (Å²) in [7, 11) is 3.59. The molecule has 1 aliphatic heterocycles. The maximum Gasteiger partial charge on any atom is 0.404 e. The highest BCUT2D eigenvalue weighted by atomic mass is 19.4. The van der Waals surface area contributed by atoms with Crippen LogP contribution in [0, 0.1) is 5.41 Å². The molecule has 17 heavy (non-hydrogen) atoms. The number of carbonyl (C=O) groups excluding carboxylic acids is 1. The van der Waals surface area contributed by atoms with Gasteiger partial charge in [-0.15, -0.1) is 0 Å². The summed E-state index contributed by atoms with van der Waals surface area (Å²) in [6, 6.07) is 0. The first-order valence-corrected chi connectivity index (χ1v) is 5.50. The summed E-state index contributed by atoms with van der Waals surface area (Å²) in [5.41, 5.74) is -2.25. The molecule has 0 aromatic rings. The molecule has 1 fully saturated rings. The van der Waals surface area contributed by atoms with Crippen LogP contribution in [0.1, 0.15) is 6.42 Å². The summed E-state index contributed by atoms with van der Waals surface area (Å²) in [4.78, 5) is 13.5. The van der Waals surface area contributed by atoms with Gasteiger partial charge in [-0.2, -0.15) is 13.2 Å². The Morgan fingerprint density at radius 2 is 2.12 bits per heavy atom. The van der Waals surface area contributed by atoms with Crippen molar-refractivity contribution in [2.75, 3.05) is 40.3 Å². The van der Waals surface area contributed by atoms with Crippen LogP contribution in [0.3, 0.4) is 0 Å². The van der Waals surface area contributed by atoms with E-state index < -0.39 is 17.5 Å². The number of rotatable bonds is 4. The fourth-order valence-corrected chi connectivity index (χ4v) is 1.82. The van der Waals surface area contributed by atoms with Crippen molar-refractivity contribution < 1.29 is 18.0 Å². The Balaban J connectivity index is 2.63. The number of likely N-dealkylation sites (N-methyl/N-ethyl adjacent to an activating group) is 1. The molecule has 1 heterocycles. The lowest BCUT2D eigenvalue weighted by molar-refractivity contribution is -0.216. The quantitative estimate of drug-likeness (QED) is 0.752. The highest BCUT2D eigenvalue weighted by Gasteiger charge is 2.61. The van der Waals surface area contributed by atoms with Crippen molar-refractivity contribution >= 4 is 5.91 Å². The Morgan fingerprint density at radius 3 is 2.53 bits per heavy atom. The second kappa shape index (κ2) is 5.22. The van der Waals surface area contributed by atoms with Gasteiger partial charge in [0.1, 0.15) is 0 Å². The van der Waals surface area contributed by atoms with Gasteiger partial charge in [-0.25, -0.2) is 0 Å². The molecule has 100 valence electrons. The summed E-state index contributed by atoms with van der Waals surface area (Å²) >= 11 is 0. The van der Waals surface area contributed by atoms with Crippen molar-refractivity contribution in [3.05, 3.63) is 0 Å². The Kier molecular flexibility index (Phi) is 4.37. The zero-order valence-electron chi connectivity index (χ0n) is 10.0. The molecular weight excluding hydrogens is 235 g/mol. The molecule has 7 heteroatoms. The Morgan fingerprint density at radius 1 is 1.47 bits per heavy atom. The number of halogens is 3. The second-order valence-electron chi connectivity index (χ2n) is 4.57. The standard InChI is InChI=1S/C10H18F3N3O/c1-16(2)6-5-15-8(17)9(10(11,12)13)3-4-14-7-9/h14H,3-7H2,1-2H3,(H,15,17). The van der Waals surface area contributed by atoms with Crippen molar-refractivity contribution in [1.29, 1.82) is 0 Å². The summed E-state index contributed by atoms with van der Waals surface area (Å²) in [5.74, 6) is -0.920. The molecule has 4 nitrogen and oxygen atoms in total. The molecule has 1 saturated heterocycles.